The van der Waals surface area contributed by atoms with E-state index in [1.54, 1.807) is 0 Å². The maximum Gasteiger partial charge on any atom is 0.377 e. The summed E-state index contributed by atoms with van der Waals surface area (Å²) < 4.78 is 5.31. The van der Waals surface area contributed by atoms with Gasteiger partial charge in [-0.15, -0.1) is 0 Å². The van der Waals surface area contributed by atoms with E-state index in [2.05, 4.69) is 15.9 Å². The van der Waals surface area contributed by atoms with E-state index >= 15 is 0 Å². The molecule has 0 saturated carbocycles. The van der Waals surface area contributed by atoms with Crippen molar-refractivity contribution in [2.75, 3.05) is 7.11 Å². The molecule has 16 heavy (non-hydrogen) atoms. The number of carboxylic acids is 1. The van der Waals surface area contributed by atoms with Crippen molar-refractivity contribution < 1.29 is 24.5 Å². The van der Waals surface area contributed by atoms with Crippen molar-refractivity contribution in [3.63, 3.8) is 0 Å². The summed E-state index contributed by atoms with van der Waals surface area (Å²) in [5, 5.41) is 18.3. The molecule has 1 aromatic rings. The van der Waals surface area contributed by atoms with Crippen LogP contribution in [0.25, 0.3) is 0 Å². The Kier molecular flexibility index (Phi) is 3.54. The van der Waals surface area contributed by atoms with Gasteiger partial charge in [0.25, 0.3) is 5.78 Å². The third-order valence-electron chi connectivity index (χ3n) is 2.03. The quantitative estimate of drug-likeness (QED) is 0.654. The van der Waals surface area contributed by atoms with E-state index in [4.69, 9.17) is 9.84 Å². The van der Waals surface area contributed by atoms with Crippen molar-refractivity contribution in [3.05, 3.63) is 21.7 Å². The number of carbonyl (C=O) groups is 2. The standard InChI is InChI=1S/C10H9BrO5/c1-4-3-5(11)9(16-2)7(12)6(4)8(13)10(14)15/h3,12H,1-2H3,(H,14,15). The van der Waals surface area contributed by atoms with Gasteiger partial charge in [0.2, 0.25) is 0 Å². The number of benzene rings is 1. The predicted molar refractivity (Wildman–Crippen MR) is 59.1 cm³/mol. The maximum absolute atomic E-state index is 11.3. The molecule has 0 atom stereocenters. The molecule has 5 nitrogen and oxygen atoms in total. The number of phenolic OH excluding ortho intramolecular Hbond substituents is 1. The highest BCUT2D eigenvalue weighted by molar-refractivity contribution is 9.10. The van der Waals surface area contributed by atoms with Crippen LogP contribution in [-0.4, -0.2) is 29.1 Å². The highest BCUT2D eigenvalue weighted by atomic mass is 79.9. The molecule has 6 heteroatoms. The number of halogens is 1. The van der Waals surface area contributed by atoms with E-state index in [0.717, 1.165) is 0 Å². The molecule has 0 aliphatic carbocycles. The molecule has 0 amide bonds. The monoisotopic (exact) mass is 288 g/mol. The predicted octanol–water partition coefficient (Wildman–Crippen LogP) is 1.74. The lowest BCUT2D eigenvalue weighted by molar-refractivity contribution is -0.131. The van der Waals surface area contributed by atoms with Crippen molar-refractivity contribution >= 4 is 27.7 Å². The van der Waals surface area contributed by atoms with Gasteiger partial charge in [-0.3, -0.25) is 4.79 Å². The highest BCUT2D eigenvalue weighted by Gasteiger charge is 2.25. The number of methoxy groups -OCH3 is 1. The number of aryl methyl sites for hydroxylation is 1. The van der Waals surface area contributed by atoms with Crippen molar-refractivity contribution in [2.24, 2.45) is 0 Å². The Morgan fingerprint density at radius 3 is 2.44 bits per heavy atom. The Morgan fingerprint density at radius 2 is 2.00 bits per heavy atom. The first-order chi connectivity index (χ1) is 7.40. The molecule has 0 spiro atoms. The van der Waals surface area contributed by atoms with Crippen LogP contribution >= 0.6 is 15.9 Å². The van der Waals surface area contributed by atoms with E-state index in [1.807, 2.05) is 0 Å². The van der Waals surface area contributed by atoms with Crippen LogP contribution in [0.5, 0.6) is 11.5 Å². The summed E-state index contributed by atoms with van der Waals surface area (Å²) in [6.45, 7) is 1.53. The van der Waals surface area contributed by atoms with Gasteiger partial charge >= 0.3 is 5.97 Å². The fraction of sp³-hybridized carbons (Fsp3) is 0.200. The lowest BCUT2D eigenvalue weighted by atomic mass is 10.0. The molecule has 0 aliphatic heterocycles. The van der Waals surface area contributed by atoms with E-state index in [-0.39, 0.29) is 11.3 Å². The average Bonchev–Trinajstić information content (AvgIpc) is 2.17. The Balaban J connectivity index is 3.51. The van der Waals surface area contributed by atoms with Gasteiger partial charge < -0.3 is 14.9 Å². The molecule has 0 saturated heterocycles. The average molecular weight is 289 g/mol. The van der Waals surface area contributed by atoms with E-state index < -0.39 is 17.5 Å². The number of hydrogen-bond acceptors (Lipinski definition) is 4. The number of ketones is 1. The molecule has 0 fully saturated rings. The minimum Gasteiger partial charge on any atom is -0.504 e. The zero-order valence-electron chi connectivity index (χ0n) is 8.57. The number of carboxylic acid groups (broad SMARTS) is 1. The van der Waals surface area contributed by atoms with Gasteiger partial charge in [-0.05, 0) is 34.5 Å². The number of aliphatic carboxylic acids is 1. The number of carbonyl (C=O) groups excluding carboxylic acids is 1. The lowest BCUT2D eigenvalue weighted by Crippen LogP contribution is -2.14. The Bertz CT molecular complexity index is 467. The van der Waals surface area contributed by atoms with E-state index in [9.17, 15) is 14.7 Å². The summed E-state index contributed by atoms with van der Waals surface area (Å²) >= 11 is 3.13. The number of phenols is 1. The molecular formula is C10H9BrO5. The molecule has 86 valence electrons. The summed E-state index contributed by atoms with van der Waals surface area (Å²) in [4.78, 5) is 21.9. The third-order valence-corrected chi connectivity index (χ3v) is 2.62. The molecular weight excluding hydrogens is 280 g/mol. The number of Topliss-reactive ketones (excluding diaryl/α,β-unsaturated/α-hetero) is 1. The molecule has 1 aromatic carbocycles. The van der Waals surface area contributed by atoms with Gasteiger partial charge in [-0.1, -0.05) is 0 Å². The normalized spacial score (nSPS) is 9.94. The second-order valence-corrected chi connectivity index (χ2v) is 3.92. The summed E-state index contributed by atoms with van der Waals surface area (Å²) in [5.41, 5.74) is 0.102. The summed E-state index contributed by atoms with van der Waals surface area (Å²) in [5.74, 6) is -3.22. The van der Waals surface area contributed by atoms with Gasteiger partial charge in [-0.25, -0.2) is 4.79 Å². The Hall–Kier alpha value is -1.56. The third kappa shape index (κ3) is 2.01. The highest BCUT2D eigenvalue weighted by Crippen LogP contribution is 2.39. The van der Waals surface area contributed by atoms with Gasteiger partial charge in [0.05, 0.1) is 17.1 Å². The van der Waals surface area contributed by atoms with Gasteiger partial charge in [0.15, 0.2) is 11.5 Å². The van der Waals surface area contributed by atoms with Crippen LogP contribution in [0.4, 0.5) is 0 Å². The number of aromatic hydroxyl groups is 1. The molecule has 0 aliphatic rings. The van der Waals surface area contributed by atoms with Crippen molar-refractivity contribution in [1.29, 1.82) is 0 Å². The number of hydrogen-bond donors (Lipinski definition) is 2. The van der Waals surface area contributed by atoms with Crippen LogP contribution in [0.2, 0.25) is 0 Å². The first-order valence-corrected chi connectivity index (χ1v) is 5.03. The Labute approximate surface area is 99.8 Å². The zero-order chi connectivity index (χ0) is 12.5. The topological polar surface area (TPSA) is 83.8 Å². The minimum absolute atomic E-state index is 0.0372. The van der Waals surface area contributed by atoms with Crippen LogP contribution < -0.4 is 4.74 Å². The second-order valence-electron chi connectivity index (χ2n) is 3.07. The largest absolute Gasteiger partial charge is 0.504 e. The van der Waals surface area contributed by atoms with Crippen LogP contribution in [0.3, 0.4) is 0 Å². The number of ether oxygens (including phenoxy) is 1. The summed E-state index contributed by atoms with van der Waals surface area (Å²) in [6, 6.07) is 1.51. The molecule has 0 bridgehead atoms. The van der Waals surface area contributed by atoms with Crippen LogP contribution in [0, 0.1) is 6.92 Å². The fourth-order valence-electron chi connectivity index (χ4n) is 1.33. The molecule has 0 radical (unpaired) electrons. The smallest absolute Gasteiger partial charge is 0.377 e. The maximum atomic E-state index is 11.3. The Morgan fingerprint density at radius 1 is 1.44 bits per heavy atom. The van der Waals surface area contributed by atoms with E-state index in [1.165, 1.54) is 20.1 Å². The fourth-order valence-corrected chi connectivity index (χ4v) is 2.02. The van der Waals surface area contributed by atoms with Gasteiger partial charge in [0, 0.05) is 0 Å². The van der Waals surface area contributed by atoms with Crippen molar-refractivity contribution in [1.82, 2.24) is 0 Å². The summed E-state index contributed by atoms with van der Waals surface area (Å²) in [7, 11) is 1.31. The van der Waals surface area contributed by atoms with Crippen molar-refractivity contribution in [2.45, 2.75) is 6.92 Å². The minimum atomic E-state index is -1.62. The summed E-state index contributed by atoms with van der Waals surface area (Å²) in [6.07, 6.45) is 0. The number of rotatable bonds is 3. The van der Waals surface area contributed by atoms with Gasteiger partial charge in [-0.2, -0.15) is 0 Å². The van der Waals surface area contributed by atoms with Crippen LogP contribution in [-0.2, 0) is 4.79 Å². The first kappa shape index (κ1) is 12.5. The molecule has 0 heterocycles. The second kappa shape index (κ2) is 4.52. The molecule has 1 rings (SSSR count). The van der Waals surface area contributed by atoms with Crippen molar-refractivity contribution in [3.8, 4) is 11.5 Å². The van der Waals surface area contributed by atoms with E-state index in [0.29, 0.717) is 10.0 Å². The molecule has 0 unspecified atom stereocenters. The van der Waals surface area contributed by atoms with Crippen LogP contribution in [0.1, 0.15) is 15.9 Å². The first-order valence-electron chi connectivity index (χ1n) is 4.23. The SMILES string of the molecule is COc1c(Br)cc(C)c(C(=O)C(=O)O)c1O. The van der Waals surface area contributed by atoms with Crippen LogP contribution in [0.15, 0.2) is 10.5 Å². The molecule has 0 aromatic heterocycles. The van der Waals surface area contributed by atoms with Gasteiger partial charge in [0.1, 0.15) is 0 Å². The zero-order valence-corrected chi connectivity index (χ0v) is 10.2. The molecule has 2 N–H and O–H groups in total. The lowest BCUT2D eigenvalue weighted by Gasteiger charge is -2.11.